The molecule has 0 aliphatic heterocycles. The van der Waals surface area contributed by atoms with E-state index >= 15 is 0 Å². The summed E-state index contributed by atoms with van der Waals surface area (Å²) in [5.41, 5.74) is 3.91. The Morgan fingerprint density at radius 2 is 0.561 bits per heavy atom. The van der Waals surface area contributed by atoms with Gasteiger partial charge in [-0.2, -0.15) is 0 Å². The second kappa shape index (κ2) is 25.3. The van der Waals surface area contributed by atoms with Gasteiger partial charge in [0.15, 0.2) is 0 Å². The third-order valence-corrected chi connectivity index (χ3v) is 18.8. The number of rotatable bonds is 28. The van der Waals surface area contributed by atoms with Gasteiger partial charge in [0, 0.05) is 41.1 Å². The monoisotopic (exact) mass is 959 g/mol. The van der Waals surface area contributed by atoms with Crippen molar-refractivity contribution in [3.8, 4) is 42.3 Å². The number of thiophene rings is 4. The third kappa shape index (κ3) is 12.7. The topological polar surface area (TPSA) is 51.6 Å². The van der Waals surface area contributed by atoms with Gasteiger partial charge in [-0.25, -0.2) is 0 Å². The predicted octanol–water partition coefficient (Wildman–Crippen LogP) is 19.5. The second-order valence-electron chi connectivity index (χ2n) is 19.3. The molecule has 66 heavy (non-hydrogen) atoms. The number of fused-ring (bicyclic) bond motifs is 2. The van der Waals surface area contributed by atoms with Gasteiger partial charge in [0.1, 0.15) is 22.8 Å². The van der Waals surface area contributed by atoms with Gasteiger partial charge in [-0.15, -0.1) is 65.7 Å². The fourth-order valence-electron chi connectivity index (χ4n) is 9.90. The molecule has 6 aromatic heterocycles. The molecule has 7 rings (SSSR count). The number of hydrogen-bond acceptors (Lipinski definition) is 8. The lowest BCUT2D eigenvalue weighted by Crippen LogP contribution is -2.01. The molecule has 0 aliphatic carbocycles. The highest BCUT2D eigenvalue weighted by atomic mass is 32.1. The van der Waals surface area contributed by atoms with Gasteiger partial charge in [-0.1, -0.05) is 158 Å². The molecule has 0 aliphatic rings. The van der Waals surface area contributed by atoms with E-state index in [4.69, 9.17) is 20.4 Å². The number of nitrogens with zero attached hydrogens (tertiary/aromatic N) is 4. The minimum absolute atomic E-state index is 0.712. The maximum atomic E-state index is 5.20. The number of unbranched alkanes of at least 4 members (excludes halogenated alkanes) is 4. The molecule has 4 nitrogen and oxygen atoms in total. The lowest BCUT2D eigenvalue weighted by Gasteiger charge is -2.14. The van der Waals surface area contributed by atoms with Crippen LogP contribution in [0.25, 0.3) is 63.8 Å². The van der Waals surface area contributed by atoms with E-state index in [1.165, 1.54) is 142 Å². The van der Waals surface area contributed by atoms with Crippen LogP contribution in [0, 0.1) is 23.7 Å². The SMILES string of the molecule is CCCCC(CC)Cc1ccc(-c2nnc(-c3ccc(CC(CC)CCCC)s3)c3cc4c(-c5ccc(CC(CC)CCCC)s5)nnc(-c5ccc(CC(CC)CCCC)s5)c4cc23)s1. The Hall–Kier alpha value is -3.30. The summed E-state index contributed by atoms with van der Waals surface area (Å²) in [6.07, 6.45) is 24.8. The summed E-state index contributed by atoms with van der Waals surface area (Å²) >= 11 is 7.65. The van der Waals surface area contributed by atoms with Crippen molar-refractivity contribution in [2.75, 3.05) is 0 Å². The zero-order valence-corrected chi connectivity index (χ0v) is 44.9. The zero-order chi connectivity index (χ0) is 46.4. The molecule has 0 saturated heterocycles. The first-order valence-corrected chi connectivity index (χ1v) is 29.5. The molecule has 0 radical (unpaired) electrons. The van der Waals surface area contributed by atoms with E-state index in [2.05, 4.69) is 116 Å². The van der Waals surface area contributed by atoms with Crippen LogP contribution in [-0.4, -0.2) is 20.4 Å². The lowest BCUT2D eigenvalue weighted by atomic mass is 9.95. The van der Waals surface area contributed by atoms with Crippen LogP contribution in [0.2, 0.25) is 0 Å². The highest BCUT2D eigenvalue weighted by molar-refractivity contribution is 7.16. The minimum Gasteiger partial charge on any atom is -0.148 e. The number of benzene rings is 1. The van der Waals surface area contributed by atoms with E-state index in [9.17, 15) is 0 Å². The summed E-state index contributed by atoms with van der Waals surface area (Å²) in [6.45, 7) is 18.6. The van der Waals surface area contributed by atoms with Crippen LogP contribution in [-0.2, 0) is 25.7 Å². The summed E-state index contributed by atoms with van der Waals surface area (Å²) in [5, 5.41) is 25.4. The Bertz CT molecular complexity index is 2210. The van der Waals surface area contributed by atoms with E-state index in [1.807, 2.05) is 45.3 Å². The molecule has 1 aromatic carbocycles. The first-order chi connectivity index (χ1) is 32.3. The third-order valence-electron chi connectivity index (χ3n) is 14.4. The molecular formula is C58H78N4S4. The quantitative estimate of drug-likeness (QED) is 0.0459. The van der Waals surface area contributed by atoms with E-state index in [0.29, 0.717) is 23.7 Å². The van der Waals surface area contributed by atoms with Gasteiger partial charge in [0.25, 0.3) is 0 Å². The van der Waals surface area contributed by atoms with Crippen LogP contribution in [0.3, 0.4) is 0 Å². The Morgan fingerprint density at radius 3 is 0.758 bits per heavy atom. The van der Waals surface area contributed by atoms with Gasteiger partial charge in [0.05, 0.1) is 19.5 Å². The summed E-state index contributed by atoms with van der Waals surface area (Å²) in [7, 11) is 0. The van der Waals surface area contributed by atoms with Crippen molar-refractivity contribution in [1.82, 2.24) is 20.4 Å². The summed E-state index contributed by atoms with van der Waals surface area (Å²) in [4.78, 5) is 10.6. The number of aromatic nitrogens is 4. The molecule has 8 heteroatoms. The largest absolute Gasteiger partial charge is 0.148 e. The van der Waals surface area contributed by atoms with Gasteiger partial charge in [0.2, 0.25) is 0 Å². The van der Waals surface area contributed by atoms with Gasteiger partial charge < -0.3 is 0 Å². The fourth-order valence-corrected chi connectivity index (χ4v) is 14.4. The summed E-state index contributed by atoms with van der Waals surface area (Å²) in [5.74, 6) is 2.85. The summed E-state index contributed by atoms with van der Waals surface area (Å²) in [6, 6.07) is 23.5. The summed E-state index contributed by atoms with van der Waals surface area (Å²) < 4.78 is 0. The zero-order valence-electron chi connectivity index (χ0n) is 41.6. The van der Waals surface area contributed by atoms with Crippen molar-refractivity contribution < 1.29 is 0 Å². The van der Waals surface area contributed by atoms with Crippen molar-refractivity contribution in [2.24, 2.45) is 23.7 Å². The van der Waals surface area contributed by atoms with Crippen molar-refractivity contribution >= 4 is 66.9 Å². The highest BCUT2D eigenvalue weighted by Crippen LogP contribution is 2.45. The van der Waals surface area contributed by atoms with Crippen molar-refractivity contribution in [2.45, 2.75) is 184 Å². The molecule has 4 atom stereocenters. The Morgan fingerprint density at radius 1 is 0.333 bits per heavy atom. The molecule has 0 spiro atoms. The van der Waals surface area contributed by atoms with Crippen LogP contribution in [0.1, 0.15) is 178 Å². The molecule has 0 saturated carbocycles. The lowest BCUT2D eigenvalue weighted by molar-refractivity contribution is 0.452. The van der Waals surface area contributed by atoms with E-state index in [0.717, 1.165) is 70.0 Å². The molecule has 0 bridgehead atoms. The Labute approximate surface area is 414 Å². The standard InChI is InChI=1S/C58H78N4S4/c1-9-17-21-39(13-5)33-43-25-29-51(63-43)55-47-37-49-50(38-48(47)56(60-59-55)52-30-26-44(64-52)34-40(14-6)22-18-10-2)58(54-32-28-46(66-54)36-42(16-8)24-20-12-4)62-61-57(49)53-31-27-45(65-53)35-41(15-7)23-19-11-3/h25-32,37-42H,9-24,33-36H2,1-8H3. The molecule has 0 N–H and O–H groups in total. The first kappa shape index (κ1) is 50.6. The van der Waals surface area contributed by atoms with E-state index < -0.39 is 0 Å². The average molecular weight is 960 g/mol. The van der Waals surface area contributed by atoms with Crippen molar-refractivity contribution in [3.05, 3.63) is 80.2 Å². The van der Waals surface area contributed by atoms with Crippen LogP contribution in [0.5, 0.6) is 0 Å². The molecule has 0 amide bonds. The van der Waals surface area contributed by atoms with E-state index in [1.54, 1.807) is 0 Å². The number of hydrogen-bond donors (Lipinski definition) is 0. The van der Waals surface area contributed by atoms with Crippen LogP contribution < -0.4 is 0 Å². The van der Waals surface area contributed by atoms with Gasteiger partial charge >= 0.3 is 0 Å². The molecule has 0 fully saturated rings. The second-order valence-corrected chi connectivity index (χ2v) is 24.0. The van der Waals surface area contributed by atoms with Crippen LogP contribution in [0.4, 0.5) is 0 Å². The minimum atomic E-state index is 0.712. The van der Waals surface area contributed by atoms with Crippen LogP contribution >= 0.6 is 45.3 Å². The maximum absolute atomic E-state index is 5.20. The maximum Gasteiger partial charge on any atom is 0.111 e. The highest BCUT2D eigenvalue weighted by Gasteiger charge is 2.23. The first-order valence-electron chi connectivity index (χ1n) is 26.2. The molecule has 7 aromatic rings. The molecule has 4 unspecified atom stereocenters. The van der Waals surface area contributed by atoms with Crippen molar-refractivity contribution in [1.29, 1.82) is 0 Å². The molecular weight excluding hydrogens is 881 g/mol. The predicted molar refractivity (Wildman–Crippen MR) is 294 cm³/mol. The smallest absolute Gasteiger partial charge is 0.111 e. The molecule has 354 valence electrons. The van der Waals surface area contributed by atoms with Crippen molar-refractivity contribution in [3.63, 3.8) is 0 Å². The average Bonchev–Trinajstić information content (AvgIpc) is 4.20. The van der Waals surface area contributed by atoms with E-state index in [-0.39, 0.29) is 0 Å². The Balaban J connectivity index is 1.40. The normalized spacial score (nSPS) is 13.8. The Kier molecular flexibility index (Phi) is 19.4. The van der Waals surface area contributed by atoms with Gasteiger partial charge in [-0.05, 0) is 110 Å². The molecule has 6 heterocycles. The van der Waals surface area contributed by atoms with Crippen LogP contribution in [0.15, 0.2) is 60.7 Å². The fraction of sp³-hybridized carbons (Fsp3) is 0.552. The van der Waals surface area contributed by atoms with Gasteiger partial charge in [-0.3, -0.25) is 0 Å².